The van der Waals surface area contributed by atoms with Crippen molar-refractivity contribution in [2.24, 2.45) is 0 Å². The van der Waals surface area contributed by atoms with Crippen LogP contribution in [0.4, 0.5) is 13.2 Å². The fraction of sp³-hybridized carbons (Fsp3) is 0.133. The fourth-order valence-electron chi connectivity index (χ4n) is 2.20. The van der Waals surface area contributed by atoms with Crippen LogP contribution in [0.25, 0.3) is 11.0 Å². The van der Waals surface area contributed by atoms with Gasteiger partial charge in [-0.1, -0.05) is 12.1 Å². The van der Waals surface area contributed by atoms with E-state index in [1.54, 1.807) is 4.57 Å². The summed E-state index contributed by atoms with van der Waals surface area (Å²) in [5.41, 5.74) is 0.881. The first-order valence-electron chi connectivity index (χ1n) is 6.55. The van der Waals surface area contributed by atoms with E-state index in [1.807, 2.05) is 0 Å². The van der Waals surface area contributed by atoms with Gasteiger partial charge in [0.15, 0.2) is 0 Å². The van der Waals surface area contributed by atoms with Crippen LogP contribution < -0.4 is 0 Å². The predicted octanol–water partition coefficient (Wildman–Crippen LogP) is 3.20. The summed E-state index contributed by atoms with van der Waals surface area (Å²) in [5.74, 6) is -1.16. The number of carboxylic acid groups (broad SMARTS) is 1. The van der Waals surface area contributed by atoms with Crippen LogP contribution in [0.2, 0.25) is 0 Å². The number of nitrogens with zero attached hydrogens (tertiary/aromatic N) is 3. The van der Waals surface area contributed by atoms with E-state index < -0.39 is 17.7 Å². The minimum absolute atomic E-state index is 0.119. The average molecular weight is 321 g/mol. The number of aromatic carboxylic acids is 1. The maximum absolute atomic E-state index is 12.5. The molecule has 1 N–H and O–H groups in total. The lowest BCUT2D eigenvalue weighted by Gasteiger charge is -2.08. The molecule has 0 fully saturated rings. The van der Waals surface area contributed by atoms with Gasteiger partial charge in [0.05, 0.1) is 23.6 Å². The molecule has 8 heteroatoms. The highest BCUT2D eigenvalue weighted by atomic mass is 19.4. The number of halogens is 3. The van der Waals surface area contributed by atoms with Crippen LogP contribution in [0.15, 0.2) is 42.9 Å². The number of fused-ring (bicyclic) bond motifs is 1. The summed E-state index contributed by atoms with van der Waals surface area (Å²) in [5, 5.41) is 8.97. The molecule has 0 saturated heterocycles. The lowest BCUT2D eigenvalue weighted by Crippen LogP contribution is -2.05. The second-order valence-electron chi connectivity index (χ2n) is 4.93. The van der Waals surface area contributed by atoms with Crippen molar-refractivity contribution < 1.29 is 23.1 Å². The van der Waals surface area contributed by atoms with Crippen molar-refractivity contribution in [3.8, 4) is 0 Å². The van der Waals surface area contributed by atoms with Crippen LogP contribution in [0.5, 0.6) is 0 Å². The minimum atomic E-state index is -4.37. The third-order valence-corrected chi connectivity index (χ3v) is 3.36. The molecule has 0 amide bonds. The highest BCUT2D eigenvalue weighted by Crippen LogP contribution is 2.29. The van der Waals surface area contributed by atoms with Gasteiger partial charge < -0.3 is 9.67 Å². The van der Waals surface area contributed by atoms with Gasteiger partial charge in [-0.2, -0.15) is 13.2 Å². The first-order chi connectivity index (χ1) is 10.8. The van der Waals surface area contributed by atoms with Crippen molar-refractivity contribution in [3.63, 3.8) is 0 Å². The molecule has 118 valence electrons. The zero-order valence-electron chi connectivity index (χ0n) is 11.6. The van der Waals surface area contributed by atoms with Crippen molar-refractivity contribution >= 4 is 17.0 Å². The van der Waals surface area contributed by atoms with E-state index in [4.69, 9.17) is 5.11 Å². The van der Waals surface area contributed by atoms with Crippen LogP contribution in [-0.4, -0.2) is 25.6 Å². The summed E-state index contributed by atoms with van der Waals surface area (Å²) in [4.78, 5) is 18.8. The molecule has 0 saturated carbocycles. The molecular weight excluding hydrogens is 311 g/mol. The van der Waals surface area contributed by atoms with Crippen molar-refractivity contribution in [1.82, 2.24) is 14.5 Å². The molecule has 3 aromatic rings. The number of carbonyl (C=O) groups is 1. The number of hydrogen-bond acceptors (Lipinski definition) is 3. The van der Waals surface area contributed by atoms with Crippen LogP contribution in [0.3, 0.4) is 0 Å². The Morgan fingerprint density at radius 3 is 2.48 bits per heavy atom. The van der Waals surface area contributed by atoms with Crippen molar-refractivity contribution in [1.29, 1.82) is 0 Å². The summed E-state index contributed by atoms with van der Waals surface area (Å²) in [6.45, 7) is 0.276. The highest BCUT2D eigenvalue weighted by Gasteiger charge is 2.29. The molecule has 0 atom stereocenters. The lowest BCUT2D eigenvalue weighted by molar-refractivity contribution is -0.137. The van der Waals surface area contributed by atoms with E-state index in [9.17, 15) is 18.0 Å². The van der Waals surface area contributed by atoms with Gasteiger partial charge in [-0.05, 0) is 23.8 Å². The summed E-state index contributed by atoms with van der Waals surface area (Å²) in [6, 6.07) is 6.17. The Bertz CT molecular complexity index is 870. The van der Waals surface area contributed by atoms with Gasteiger partial charge in [0.1, 0.15) is 11.2 Å². The topological polar surface area (TPSA) is 68.0 Å². The smallest absolute Gasteiger partial charge is 0.416 e. The number of aromatic nitrogens is 3. The van der Waals surface area contributed by atoms with E-state index in [1.165, 1.54) is 30.7 Å². The number of alkyl halides is 3. The van der Waals surface area contributed by atoms with Gasteiger partial charge in [0, 0.05) is 6.54 Å². The van der Waals surface area contributed by atoms with Crippen LogP contribution >= 0.6 is 0 Å². The Labute approximate surface area is 128 Å². The van der Waals surface area contributed by atoms with Gasteiger partial charge in [0.2, 0.25) is 0 Å². The van der Waals surface area contributed by atoms with Crippen LogP contribution in [-0.2, 0) is 12.7 Å². The first kappa shape index (κ1) is 15.0. The molecule has 0 aliphatic heterocycles. The molecule has 2 aromatic heterocycles. The molecule has 0 bridgehead atoms. The summed E-state index contributed by atoms with van der Waals surface area (Å²) < 4.78 is 39.3. The number of benzene rings is 1. The van der Waals surface area contributed by atoms with Gasteiger partial charge >= 0.3 is 12.1 Å². The summed E-state index contributed by atoms with van der Waals surface area (Å²) >= 11 is 0. The van der Waals surface area contributed by atoms with E-state index in [2.05, 4.69) is 9.97 Å². The normalized spacial score (nSPS) is 11.8. The van der Waals surface area contributed by atoms with Gasteiger partial charge in [-0.3, -0.25) is 0 Å². The Kier molecular flexibility index (Phi) is 3.51. The summed E-state index contributed by atoms with van der Waals surface area (Å²) in [6.07, 6.45) is -1.53. The van der Waals surface area contributed by atoms with Crippen LogP contribution in [0.1, 0.15) is 21.6 Å². The molecule has 5 nitrogen and oxygen atoms in total. The van der Waals surface area contributed by atoms with Crippen molar-refractivity contribution in [2.75, 3.05) is 0 Å². The van der Waals surface area contributed by atoms with E-state index >= 15 is 0 Å². The molecule has 0 aliphatic carbocycles. The predicted molar refractivity (Wildman–Crippen MR) is 75.0 cm³/mol. The molecule has 2 heterocycles. The maximum Gasteiger partial charge on any atom is 0.416 e. The quantitative estimate of drug-likeness (QED) is 0.804. The average Bonchev–Trinajstić information content (AvgIpc) is 2.89. The third-order valence-electron chi connectivity index (χ3n) is 3.36. The minimum Gasteiger partial charge on any atom is -0.477 e. The fourth-order valence-corrected chi connectivity index (χ4v) is 2.20. The Balaban J connectivity index is 1.92. The van der Waals surface area contributed by atoms with Gasteiger partial charge in [-0.15, -0.1) is 0 Å². The molecule has 1 aromatic carbocycles. The molecule has 0 radical (unpaired) electrons. The molecule has 0 unspecified atom stereocenters. The Hall–Kier alpha value is -2.90. The first-order valence-corrected chi connectivity index (χ1v) is 6.55. The van der Waals surface area contributed by atoms with Crippen molar-refractivity contribution in [2.45, 2.75) is 12.7 Å². The van der Waals surface area contributed by atoms with E-state index in [0.717, 1.165) is 12.1 Å². The number of hydrogen-bond donors (Lipinski definition) is 1. The lowest BCUT2D eigenvalue weighted by atomic mass is 10.1. The number of carboxylic acids is 1. The molecule has 0 spiro atoms. The van der Waals surface area contributed by atoms with Gasteiger partial charge in [-0.25, -0.2) is 14.8 Å². The Morgan fingerprint density at radius 2 is 1.87 bits per heavy atom. The summed E-state index contributed by atoms with van der Waals surface area (Å²) in [7, 11) is 0. The van der Waals surface area contributed by atoms with Crippen molar-refractivity contribution in [3.05, 3.63) is 59.7 Å². The SMILES string of the molecule is O=C(O)c1cc2c(cn1)ncn2Cc1ccc(C(F)(F)F)cc1. The number of imidazole rings is 1. The van der Waals surface area contributed by atoms with E-state index in [-0.39, 0.29) is 12.2 Å². The second-order valence-corrected chi connectivity index (χ2v) is 4.93. The molecule has 23 heavy (non-hydrogen) atoms. The van der Waals surface area contributed by atoms with E-state index in [0.29, 0.717) is 16.6 Å². The monoisotopic (exact) mass is 321 g/mol. The van der Waals surface area contributed by atoms with Crippen LogP contribution in [0, 0.1) is 0 Å². The zero-order valence-corrected chi connectivity index (χ0v) is 11.6. The van der Waals surface area contributed by atoms with Gasteiger partial charge in [0.25, 0.3) is 0 Å². The highest BCUT2D eigenvalue weighted by molar-refractivity contribution is 5.89. The Morgan fingerprint density at radius 1 is 1.17 bits per heavy atom. The molecular formula is C15H10F3N3O2. The third kappa shape index (κ3) is 3.01. The second kappa shape index (κ2) is 5.38. The number of pyridine rings is 1. The standard InChI is InChI=1S/C15H10F3N3O2/c16-15(17,18)10-3-1-9(2-4-10)7-21-8-20-12-6-19-11(14(22)23)5-13(12)21/h1-6,8H,7H2,(H,22,23). The molecule has 0 aliphatic rings. The molecule has 3 rings (SSSR count). The largest absolute Gasteiger partial charge is 0.477 e. The zero-order chi connectivity index (χ0) is 16.6. The number of rotatable bonds is 3. The maximum atomic E-state index is 12.5.